The van der Waals surface area contributed by atoms with Gasteiger partial charge in [0.2, 0.25) is 0 Å². The van der Waals surface area contributed by atoms with Crippen molar-refractivity contribution in [2.24, 2.45) is 5.92 Å². The lowest BCUT2D eigenvalue weighted by Gasteiger charge is -2.07. The Balaban J connectivity index is 1.68. The van der Waals surface area contributed by atoms with Gasteiger partial charge in [-0.2, -0.15) is 0 Å². The van der Waals surface area contributed by atoms with Crippen molar-refractivity contribution in [1.29, 1.82) is 0 Å². The average Bonchev–Trinajstić information content (AvgIpc) is 3.13. The van der Waals surface area contributed by atoms with Crippen LogP contribution in [0.1, 0.15) is 31.2 Å². The average molecular weight is 254 g/mol. The van der Waals surface area contributed by atoms with E-state index in [-0.39, 0.29) is 0 Å². The molecule has 1 aliphatic carbocycles. The smallest absolute Gasteiger partial charge is 0.137 e. The second-order valence-electron chi connectivity index (χ2n) is 4.73. The van der Waals surface area contributed by atoms with Crippen LogP contribution in [0.2, 0.25) is 5.02 Å². The first kappa shape index (κ1) is 12.7. The molecule has 1 aromatic rings. The molecule has 0 bridgehead atoms. The molecule has 2 rings (SSSR count). The number of hydrogen-bond donors (Lipinski definition) is 1. The van der Waals surface area contributed by atoms with E-state index in [0.29, 0.717) is 5.02 Å². The lowest BCUT2D eigenvalue weighted by molar-refractivity contribution is 0.415. The van der Waals surface area contributed by atoms with Crippen molar-refractivity contribution in [3.05, 3.63) is 28.8 Å². The molecule has 0 unspecified atom stereocenters. The Hall–Kier alpha value is -0.730. The highest BCUT2D eigenvalue weighted by Gasteiger charge is 2.19. The van der Waals surface area contributed by atoms with Crippen molar-refractivity contribution in [1.82, 2.24) is 5.32 Å². The Bertz CT molecular complexity index is 363. The predicted octanol–water partition coefficient (Wildman–Crippen LogP) is 3.63. The van der Waals surface area contributed by atoms with E-state index in [1.54, 1.807) is 7.11 Å². The molecule has 1 aliphatic rings. The molecular weight excluding hydrogens is 234 g/mol. The maximum atomic E-state index is 6.07. The number of halogens is 1. The number of methoxy groups -OCH3 is 1. The number of rotatable bonds is 7. The van der Waals surface area contributed by atoms with E-state index >= 15 is 0 Å². The molecule has 2 nitrogen and oxygen atoms in total. The van der Waals surface area contributed by atoms with Gasteiger partial charge in [-0.3, -0.25) is 0 Å². The van der Waals surface area contributed by atoms with Crippen LogP contribution < -0.4 is 10.1 Å². The van der Waals surface area contributed by atoms with Gasteiger partial charge in [-0.15, -0.1) is 0 Å². The zero-order chi connectivity index (χ0) is 12.1. The van der Waals surface area contributed by atoms with Crippen LogP contribution in [-0.4, -0.2) is 13.7 Å². The number of ether oxygens (including phenoxy) is 1. The molecule has 0 amide bonds. The summed E-state index contributed by atoms with van der Waals surface area (Å²) < 4.78 is 5.12. The van der Waals surface area contributed by atoms with E-state index in [9.17, 15) is 0 Å². The number of nitrogens with one attached hydrogen (secondary N) is 1. The molecule has 17 heavy (non-hydrogen) atoms. The van der Waals surface area contributed by atoms with Crippen molar-refractivity contribution in [2.75, 3.05) is 13.7 Å². The molecule has 3 heteroatoms. The lowest BCUT2D eigenvalue weighted by Crippen LogP contribution is -2.14. The maximum absolute atomic E-state index is 6.07. The fourth-order valence-electron chi connectivity index (χ4n) is 1.97. The zero-order valence-corrected chi connectivity index (χ0v) is 11.1. The largest absolute Gasteiger partial charge is 0.495 e. The van der Waals surface area contributed by atoms with E-state index in [4.69, 9.17) is 16.3 Å². The summed E-state index contributed by atoms with van der Waals surface area (Å²) in [5.41, 5.74) is 1.21. The van der Waals surface area contributed by atoms with Gasteiger partial charge in [0, 0.05) is 6.54 Å². The third kappa shape index (κ3) is 4.21. The summed E-state index contributed by atoms with van der Waals surface area (Å²) in [6.07, 6.45) is 5.58. The Labute approximate surface area is 108 Å². The van der Waals surface area contributed by atoms with Crippen LogP contribution in [0.5, 0.6) is 5.75 Å². The summed E-state index contributed by atoms with van der Waals surface area (Å²) >= 11 is 6.07. The minimum atomic E-state index is 0.685. The van der Waals surface area contributed by atoms with Crippen molar-refractivity contribution >= 4 is 11.6 Å². The minimum absolute atomic E-state index is 0.685. The van der Waals surface area contributed by atoms with E-state index < -0.39 is 0 Å². The number of hydrogen-bond acceptors (Lipinski definition) is 2. The number of benzene rings is 1. The van der Waals surface area contributed by atoms with Crippen LogP contribution in [-0.2, 0) is 6.54 Å². The molecule has 0 aliphatic heterocycles. The predicted molar refractivity (Wildman–Crippen MR) is 71.7 cm³/mol. The van der Waals surface area contributed by atoms with Crippen LogP contribution in [0.25, 0.3) is 0 Å². The summed E-state index contributed by atoms with van der Waals surface area (Å²) in [6, 6.07) is 5.94. The first-order chi connectivity index (χ1) is 8.29. The molecule has 1 N–H and O–H groups in total. The first-order valence-corrected chi connectivity index (χ1v) is 6.70. The second kappa shape index (κ2) is 6.27. The van der Waals surface area contributed by atoms with Crippen LogP contribution in [0.4, 0.5) is 0 Å². The summed E-state index contributed by atoms with van der Waals surface area (Å²) in [5.74, 6) is 1.77. The standard InChI is InChI=1S/C14H20ClNO/c1-17-14-7-6-12(9-13(14)15)10-16-8-2-3-11-4-5-11/h6-7,9,11,16H,2-5,8,10H2,1H3. The highest BCUT2D eigenvalue weighted by molar-refractivity contribution is 6.32. The highest BCUT2D eigenvalue weighted by atomic mass is 35.5. The quantitative estimate of drug-likeness (QED) is 0.750. The molecule has 0 radical (unpaired) electrons. The van der Waals surface area contributed by atoms with Crippen molar-refractivity contribution in [3.63, 3.8) is 0 Å². The molecular formula is C14H20ClNO. The van der Waals surface area contributed by atoms with E-state index in [2.05, 4.69) is 11.4 Å². The lowest BCUT2D eigenvalue weighted by atomic mass is 10.2. The van der Waals surface area contributed by atoms with Gasteiger partial charge in [0.25, 0.3) is 0 Å². The highest BCUT2D eigenvalue weighted by Crippen LogP contribution is 2.33. The topological polar surface area (TPSA) is 21.3 Å². The molecule has 0 atom stereocenters. The Morgan fingerprint density at radius 1 is 1.41 bits per heavy atom. The van der Waals surface area contributed by atoms with Crippen molar-refractivity contribution in [3.8, 4) is 5.75 Å². The summed E-state index contributed by atoms with van der Waals surface area (Å²) in [6.45, 7) is 1.98. The third-order valence-corrected chi connectivity index (χ3v) is 3.50. The van der Waals surface area contributed by atoms with E-state index in [1.807, 2.05) is 12.1 Å². The Morgan fingerprint density at radius 3 is 2.88 bits per heavy atom. The summed E-state index contributed by atoms with van der Waals surface area (Å²) in [4.78, 5) is 0. The molecule has 1 saturated carbocycles. The van der Waals surface area contributed by atoms with Gasteiger partial charge in [-0.25, -0.2) is 0 Å². The normalized spacial score (nSPS) is 14.9. The second-order valence-corrected chi connectivity index (χ2v) is 5.14. The third-order valence-electron chi connectivity index (χ3n) is 3.21. The van der Waals surface area contributed by atoms with Gasteiger partial charge >= 0.3 is 0 Å². The van der Waals surface area contributed by atoms with Crippen LogP contribution in [0, 0.1) is 5.92 Å². The molecule has 0 aromatic heterocycles. The van der Waals surface area contributed by atoms with Gasteiger partial charge < -0.3 is 10.1 Å². The first-order valence-electron chi connectivity index (χ1n) is 6.32. The summed E-state index contributed by atoms with van der Waals surface area (Å²) in [7, 11) is 1.64. The molecule has 94 valence electrons. The van der Waals surface area contributed by atoms with Crippen LogP contribution in [0.3, 0.4) is 0 Å². The molecule has 1 aromatic carbocycles. The monoisotopic (exact) mass is 253 g/mol. The van der Waals surface area contributed by atoms with E-state index in [0.717, 1.165) is 24.8 Å². The van der Waals surface area contributed by atoms with Gasteiger partial charge in [-0.05, 0) is 43.0 Å². The minimum Gasteiger partial charge on any atom is -0.495 e. The van der Waals surface area contributed by atoms with E-state index in [1.165, 1.54) is 31.2 Å². The van der Waals surface area contributed by atoms with Gasteiger partial charge in [0.05, 0.1) is 12.1 Å². The fraction of sp³-hybridized carbons (Fsp3) is 0.571. The Kier molecular flexibility index (Phi) is 4.69. The van der Waals surface area contributed by atoms with Gasteiger partial charge in [0.1, 0.15) is 5.75 Å². The molecule has 1 fully saturated rings. The molecule has 0 spiro atoms. The van der Waals surface area contributed by atoms with Crippen molar-refractivity contribution < 1.29 is 4.74 Å². The fourth-order valence-corrected chi connectivity index (χ4v) is 2.26. The Morgan fingerprint density at radius 2 is 2.24 bits per heavy atom. The van der Waals surface area contributed by atoms with Gasteiger partial charge in [-0.1, -0.05) is 30.5 Å². The van der Waals surface area contributed by atoms with Crippen molar-refractivity contribution in [2.45, 2.75) is 32.2 Å². The summed E-state index contributed by atoms with van der Waals surface area (Å²) in [5, 5.41) is 4.14. The molecule has 0 heterocycles. The molecule has 0 saturated heterocycles. The zero-order valence-electron chi connectivity index (χ0n) is 10.3. The van der Waals surface area contributed by atoms with Gasteiger partial charge in [0.15, 0.2) is 0 Å². The SMILES string of the molecule is COc1ccc(CNCCCC2CC2)cc1Cl. The van der Waals surface area contributed by atoms with Crippen LogP contribution >= 0.6 is 11.6 Å². The maximum Gasteiger partial charge on any atom is 0.137 e. The van der Waals surface area contributed by atoms with Crippen LogP contribution in [0.15, 0.2) is 18.2 Å².